The number of likely N-dealkylation sites (tertiary alicyclic amines) is 1. The fourth-order valence-corrected chi connectivity index (χ4v) is 4.02. The minimum atomic E-state index is -0.208. The lowest BCUT2D eigenvalue weighted by atomic mass is 9.81. The first kappa shape index (κ1) is 17.5. The number of nitrogens with zero attached hydrogens (tertiary/aromatic N) is 3. The number of anilines is 1. The molecule has 2 atom stereocenters. The molecular weight excluding hydrogens is 344 g/mol. The van der Waals surface area contributed by atoms with E-state index in [4.69, 9.17) is 0 Å². The van der Waals surface area contributed by atoms with Crippen LogP contribution in [0, 0.1) is 11.8 Å². The third-order valence-corrected chi connectivity index (χ3v) is 5.45. The molecule has 2 fully saturated rings. The van der Waals surface area contributed by atoms with Crippen molar-refractivity contribution in [2.45, 2.75) is 32.1 Å². The van der Waals surface area contributed by atoms with Crippen LogP contribution in [0.15, 0.2) is 43.0 Å². The molecule has 0 bridgehead atoms. The summed E-state index contributed by atoms with van der Waals surface area (Å²) in [5, 5.41) is 2.82. The van der Waals surface area contributed by atoms with Gasteiger partial charge in [0.25, 0.3) is 0 Å². The molecule has 2 aromatic rings. The van der Waals surface area contributed by atoms with Gasteiger partial charge in [-0.3, -0.25) is 19.3 Å². The summed E-state index contributed by atoms with van der Waals surface area (Å²) in [4.78, 5) is 42.4. The van der Waals surface area contributed by atoms with Crippen molar-refractivity contribution in [1.82, 2.24) is 14.5 Å². The molecule has 0 spiro atoms. The van der Waals surface area contributed by atoms with Gasteiger partial charge in [0, 0.05) is 36.7 Å². The van der Waals surface area contributed by atoms with Gasteiger partial charge in [0.15, 0.2) is 0 Å². The van der Waals surface area contributed by atoms with Gasteiger partial charge in [-0.05, 0) is 37.1 Å². The van der Waals surface area contributed by atoms with Crippen molar-refractivity contribution in [2.24, 2.45) is 11.8 Å². The standard InChI is InChI=1S/C20H22N4O3/c25-18(22-14-5-7-15(8-6-14)23-12-10-21-13-23)9-11-24-19(26)16-3-1-2-4-17(16)20(24)27/h5-8,10,12-13,16-17H,1-4,9,11H2,(H,22,25)/t16-,17-/m1/s1. The van der Waals surface area contributed by atoms with Crippen LogP contribution in [0.4, 0.5) is 5.69 Å². The normalized spacial score (nSPS) is 22.0. The monoisotopic (exact) mass is 366 g/mol. The molecule has 27 heavy (non-hydrogen) atoms. The second-order valence-electron chi connectivity index (χ2n) is 7.14. The second-order valence-corrected chi connectivity index (χ2v) is 7.14. The first-order valence-electron chi connectivity index (χ1n) is 9.37. The van der Waals surface area contributed by atoms with Gasteiger partial charge in [-0.2, -0.15) is 0 Å². The van der Waals surface area contributed by atoms with Gasteiger partial charge < -0.3 is 9.88 Å². The van der Waals surface area contributed by atoms with Crippen LogP contribution in [0.5, 0.6) is 0 Å². The predicted octanol–water partition coefficient (Wildman–Crippen LogP) is 2.38. The molecule has 3 amide bonds. The van der Waals surface area contributed by atoms with E-state index in [0.29, 0.717) is 5.69 Å². The quantitative estimate of drug-likeness (QED) is 0.824. The van der Waals surface area contributed by atoms with Crippen molar-refractivity contribution in [3.8, 4) is 5.69 Å². The molecule has 4 rings (SSSR count). The highest BCUT2D eigenvalue weighted by atomic mass is 16.2. The lowest BCUT2D eigenvalue weighted by molar-refractivity contribution is -0.140. The third kappa shape index (κ3) is 3.49. The van der Waals surface area contributed by atoms with E-state index in [1.54, 1.807) is 12.5 Å². The Balaban J connectivity index is 1.32. The highest BCUT2D eigenvalue weighted by molar-refractivity contribution is 6.05. The highest BCUT2D eigenvalue weighted by Crippen LogP contribution is 2.37. The summed E-state index contributed by atoms with van der Waals surface area (Å²) in [6.07, 6.45) is 8.95. The van der Waals surface area contributed by atoms with Gasteiger partial charge in [0.1, 0.15) is 0 Å². The number of amides is 3. The average Bonchev–Trinajstić information content (AvgIpc) is 3.30. The molecule has 1 N–H and O–H groups in total. The maximum Gasteiger partial charge on any atom is 0.233 e. The Morgan fingerprint density at radius 2 is 1.74 bits per heavy atom. The minimum Gasteiger partial charge on any atom is -0.326 e. The number of imide groups is 1. The molecule has 2 aliphatic rings. The highest BCUT2D eigenvalue weighted by Gasteiger charge is 2.47. The van der Waals surface area contributed by atoms with Crippen molar-refractivity contribution in [3.63, 3.8) is 0 Å². The molecule has 7 heteroatoms. The third-order valence-electron chi connectivity index (χ3n) is 5.45. The SMILES string of the molecule is O=C(CCN1C(=O)[C@@H]2CCCC[C@H]2C1=O)Nc1ccc(-n2ccnc2)cc1. The number of aromatic nitrogens is 2. The first-order valence-corrected chi connectivity index (χ1v) is 9.37. The Morgan fingerprint density at radius 3 is 2.33 bits per heavy atom. The van der Waals surface area contributed by atoms with Crippen LogP contribution in [0.3, 0.4) is 0 Å². The topological polar surface area (TPSA) is 84.3 Å². The molecule has 1 saturated heterocycles. The molecule has 0 unspecified atom stereocenters. The molecule has 1 aromatic carbocycles. The fraction of sp³-hybridized carbons (Fsp3) is 0.400. The van der Waals surface area contributed by atoms with Gasteiger partial charge in [-0.1, -0.05) is 12.8 Å². The average molecular weight is 366 g/mol. The van der Waals surface area contributed by atoms with Gasteiger partial charge in [-0.25, -0.2) is 4.98 Å². The lowest BCUT2D eigenvalue weighted by Crippen LogP contribution is -2.34. The van der Waals surface area contributed by atoms with Crippen LogP contribution in [-0.4, -0.2) is 38.7 Å². The molecule has 1 aliphatic carbocycles. The zero-order chi connectivity index (χ0) is 18.8. The summed E-state index contributed by atoms with van der Waals surface area (Å²) in [6.45, 7) is 0.156. The van der Waals surface area contributed by atoms with Crippen LogP contribution < -0.4 is 5.32 Å². The van der Waals surface area contributed by atoms with Crippen molar-refractivity contribution in [1.29, 1.82) is 0 Å². The van der Waals surface area contributed by atoms with Crippen LogP contribution in [0.1, 0.15) is 32.1 Å². The Labute approximate surface area is 157 Å². The van der Waals surface area contributed by atoms with E-state index in [2.05, 4.69) is 10.3 Å². The number of carbonyl (C=O) groups excluding carboxylic acids is 3. The summed E-state index contributed by atoms with van der Waals surface area (Å²) < 4.78 is 1.87. The molecule has 140 valence electrons. The zero-order valence-corrected chi connectivity index (χ0v) is 15.0. The summed E-state index contributed by atoms with van der Waals surface area (Å²) in [5.74, 6) is -0.722. The van der Waals surface area contributed by atoms with E-state index >= 15 is 0 Å². The van der Waals surface area contributed by atoms with Crippen molar-refractivity contribution in [2.75, 3.05) is 11.9 Å². The minimum absolute atomic E-state index is 0.0952. The number of fused-ring (bicyclic) bond motifs is 1. The Kier molecular flexibility index (Phi) is 4.75. The molecule has 7 nitrogen and oxygen atoms in total. The molecular formula is C20H22N4O3. The van der Waals surface area contributed by atoms with Gasteiger partial charge >= 0.3 is 0 Å². The van der Waals surface area contributed by atoms with E-state index in [9.17, 15) is 14.4 Å². The summed E-state index contributed by atoms with van der Waals surface area (Å²) in [5.41, 5.74) is 1.62. The number of nitrogens with one attached hydrogen (secondary N) is 1. The number of rotatable bonds is 5. The molecule has 2 heterocycles. The number of carbonyl (C=O) groups is 3. The second kappa shape index (κ2) is 7.34. The molecule has 1 aromatic heterocycles. The van der Waals surface area contributed by atoms with Crippen LogP contribution in [0.25, 0.3) is 5.69 Å². The van der Waals surface area contributed by atoms with E-state index in [1.165, 1.54) is 4.90 Å². The Morgan fingerprint density at radius 1 is 1.07 bits per heavy atom. The van der Waals surface area contributed by atoms with Crippen LogP contribution in [0.2, 0.25) is 0 Å². The summed E-state index contributed by atoms with van der Waals surface area (Å²) >= 11 is 0. The first-order chi connectivity index (χ1) is 13.1. The summed E-state index contributed by atoms with van der Waals surface area (Å²) in [7, 11) is 0. The number of hydrogen-bond acceptors (Lipinski definition) is 4. The van der Waals surface area contributed by atoms with Gasteiger partial charge in [-0.15, -0.1) is 0 Å². The number of imidazole rings is 1. The maximum absolute atomic E-state index is 12.4. The van der Waals surface area contributed by atoms with Gasteiger partial charge in [0.2, 0.25) is 17.7 Å². The number of hydrogen-bond donors (Lipinski definition) is 1. The van der Waals surface area contributed by atoms with Gasteiger partial charge in [0.05, 0.1) is 18.2 Å². The van der Waals surface area contributed by atoms with Crippen molar-refractivity contribution >= 4 is 23.4 Å². The zero-order valence-electron chi connectivity index (χ0n) is 15.0. The molecule has 1 aliphatic heterocycles. The lowest BCUT2D eigenvalue weighted by Gasteiger charge is -2.19. The number of benzene rings is 1. The maximum atomic E-state index is 12.4. The Hall–Kier alpha value is -2.96. The predicted molar refractivity (Wildman–Crippen MR) is 99.0 cm³/mol. The smallest absolute Gasteiger partial charge is 0.233 e. The van der Waals surface area contributed by atoms with E-state index in [1.807, 2.05) is 35.0 Å². The van der Waals surface area contributed by atoms with Crippen molar-refractivity contribution < 1.29 is 14.4 Å². The largest absolute Gasteiger partial charge is 0.326 e. The fourth-order valence-electron chi connectivity index (χ4n) is 4.02. The van der Waals surface area contributed by atoms with Crippen LogP contribution in [-0.2, 0) is 14.4 Å². The van der Waals surface area contributed by atoms with E-state index in [-0.39, 0.29) is 42.5 Å². The Bertz CT molecular complexity index is 821. The summed E-state index contributed by atoms with van der Waals surface area (Å²) in [6, 6.07) is 7.40. The van der Waals surface area contributed by atoms with E-state index < -0.39 is 0 Å². The van der Waals surface area contributed by atoms with E-state index in [0.717, 1.165) is 31.4 Å². The molecule has 0 radical (unpaired) electrons. The van der Waals surface area contributed by atoms with Crippen molar-refractivity contribution in [3.05, 3.63) is 43.0 Å². The molecule has 1 saturated carbocycles. The van der Waals surface area contributed by atoms with Crippen LogP contribution >= 0.6 is 0 Å².